The van der Waals surface area contributed by atoms with Gasteiger partial charge in [0.05, 0.1) is 12.9 Å². The number of ether oxygens (including phenoxy) is 1. The van der Waals surface area contributed by atoms with E-state index in [2.05, 4.69) is 20.8 Å². The Kier molecular flexibility index (Phi) is 7.39. The van der Waals surface area contributed by atoms with Crippen molar-refractivity contribution in [3.63, 3.8) is 0 Å². The standard InChI is InChI=1S/C27H36O5S/c1-16(2)27(10-8-22-17(3)9-11-31-22)14-21(29)24(25(30)32-27)33-23-12-18(4)19(15-28)13-20(23)26(5,6)7/h9,11-13,16,28-29H,8,10,14-15H2,1-7H3. The van der Waals surface area contributed by atoms with Crippen LogP contribution in [0.2, 0.25) is 0 Å². The quantitative estimate of drug-likeness (QED) is 0.446. The Bertz CT molecular complexity index is 1060. The van der Waals surface area contributed by atoms with E-state index < -0.39 is 11.6 Å². The fraction of sp³-hybridized carbons (Fsp3) is 0.519. The van der Waals surface area contributed by atoms with Crippen molar-refractivity contribution in [3.05, 3.63) is 63.1 Å². The number of aryl methyl sites for hydroxylation is 3. The summed E-state index contributed by atoms with van der Waals surface area (Å²) in [5.74, 6) is 0.493. The summed E-state index contributed by atoms with van der Waals surface area (Å²) in [4.78, 5) is 14.3. The monoisotopic (exact) mass is 472 g/mol. The van der Waals surface area contributed by atoms with Crippen molar-refractivity contribution in [2.45, 2.75) is 90.2 Å². The summed E-state index contributed by atoms with van der Waals surface area (Å²) < 4.78 is 11.6. The smallest absolute Gasteiger partial charge is 0.349 e. The zero-order valence-electron chi connectivity index (χ0n) is 20.7. The van der Waals surface area contributed by atoms with Gasteiger partial charge in [0.1, 0.15) is 22.0 Å². The number of benzene rings is 1. The summed E-state index contributed by atoms with van der Waals surface area (Å²) >= 11 is 1.25. The van der Waals surface area contributed by atoms with Gasteiger partial charge in [0, 0.05) is 17.7 Å². The van der Waals surface area contributed by atoms with E-state index in [0.717, 1.165) is 32.9 Å². The fourth-order valence-electron chi connectivity index (χ4n) is 4.26. The predicted molar refractivity (Wildman–Crippen MR) is 131 cm³/mol. The third-order valence-electron chi connectivity index (χ3n) is 6.63. The summed E-state index contributed by atoms with van der Waals surface area (Å²) in [6, 6.07) is 5.90. The van der Waals surface area contributed by atoms with Crippen LogP contribution in [0.15, 0.2) is 44.4 Å². The van der Waals surface area contributed by atoms with Gasteiger partial charge in [-0.15, -0.1) is 0 Å². The molecular weight excluding hydrogens is 436 g/mol. The van der Waals surface area contributed by atoms with Crippen LogP contribution in [-0.4, -0.2) is 21.8 Å². The van der Waals surface area contributed by atoms with Crippen molar-refractivity contribution in [2.75, 3.05) is 0 Å². The molecule has 0 radical (unpaired) electrons. The van der Waals surface area contributed by atoms with Gasteiger partial charge < -0.3 is 19.4 Å². The number of esters is 1. The summed E-state index contributed by atoms with van der Waals surface area (Å²) in [5, 5.41) is 20.8. The average Bonchev–Trinajstić information content (AvgIpc) is 3.13. The van der Waals surface area contributed by atoms with Crippen molar-refractivity contribution < 1.29 is 24.2 Å². The summed E-state index contributed by atoms with van der Waals surface area (Å²) in [7, 11) is 0. The normalized spacial score (nSPS) is 19.4. The molecule has 0 saturated heterocycles. The number of aliphatic hydroxyl groups is 2. The molecule has 0 bridgehead atoms. The Balaban J connectivity index is 1.93. The predicted octanol–water partition coefficient (Wildman–Crippen LogP) is 6.52. The highest BCUT2D eigenvalue weighted by Gasteiger charge is 2.45. The second-order valence-electron chi connectivity index (χ2n) is 10.4. The molecule has 2 aromatic rings. The van der Waals surface area contributed by atoms with Crippen LogP contribution < -0.4 is 0 Å². The molecule has 0 spiro atoms. The molecule has 2 N–H and O–H groups in total. The van der Waals surface area contributed by atoms with E-state index in [0.29, 0.717) is 12.8 Å². The molecule has 2 heterocycles. The van der Waals surface area contributed by atoms with Gasteiger partial charge in [0.25, 0.3) is 0 Å². The number of cyclic esters (lactones) is 1. The van der Waals surface area contributed by atoms with Crippen LogP contribution in [-0.2, 0) is 28.0 Å². The first-order chi connectivity index (χ1) is 15.4. The van der Waals surface area contributed by atoms with Crippen molar-refractivity contribution in [3.8, 4) is 0 Å². The molecule has 1 aromatic heterocycles. The highest BCUT2D eigenvalue weighted by Crippen LogP contribution is 2.45. The van der Waals surface area contributed by atoms with E-state index >= 15 is 0 Å². The van der Waals surface area contributed by atoms with Crippen molar-refractivity contribution in [2.24, 2.45) is 5.92 Å². The van der Waals surface area contributed by atoms with E-state index in [9.17, 15) is 15.0 Å². The molecule has 0 amide bonds. The molecule has 1 atom stereocenters. The van der Waals surface area contributed by atoms with Gasteiger partial charge in [-0.1, -0.05) is 52.4 Å². The third kappa shape index (κ3) is 5.33. The van der Waals surface area contributed by atoms with Crippen LogP contribution in [0.3, 0.4) is 0 Å². The van der Waals surface area contributed by atoms with Crippen molar-refractivity contribution in [1.82, 2.24) is 0 Å². The van der Waals surface area contributed by atoms with Gasteiger partial charge in [-0.25, -0.2) is 4.79 Å². The molecule has 3 rings (SSSR count). The lowest BCUT2D eigenvalue weighted by atomic mass is 9.80. The van der Waals surface area contributed by atoms with E-state index in [1.165, 1.54) is 11.8 Å². The van der Waals surface area contributed by atoms with Crippen LogP contribution in [0.4, 0.5) is 0 Å². The number of aliphatic hydroxyl groups excluding tert-OH is 2. The number of rotatable bonds is 7. The van der Waals surface area contributed by atoms with Gasteiger partial charge in [-0.3, -0.25) is 0 Å². The number of furan rings is 1. The Morgan fingerprint density at radius 1 is 1.18 bits per heavy atom. The number of hydrogen-bond acceptors (Lipinski definition) is 6. The van der Waals surface area contributed by atoms with Crippen LogP contribution in [0, 0.1) is 19.8 Å². The van der Waals surface area contributed by atoms with E-state index in [1.807, 2.05) is 45.9 Å². The highest BCUT2D eigenvalue weighted by molar-refractivity contribution is 8.04. The number of carbonyl (C=O) groups excluding carboxylic acids is 1. The molecule has 1 aromatic carbocycles. The zero-order valence-corrected chi connectivity index (χ0v) is 21.6. The third-order valence-corrected chi connectivity index (χ3v) is 7.80. The lowest BCUT2D eigenvalue weighted by Gasteiger charge is -2.40. The Hall–Kier alpha value is -2.18. The van der Waals surface area contributed by atoms with Crippen molar-refractivity contribution >= 4 is 17.7 Å². The van der Waals surface area contributed by atoms with Crippen LogP contribution >= 0.6 is 11.8 Å². The van der Waals surface area contributed by atoms with Crippen LogP contribution in [0.25, 0.3) is 0 Å². The topological polar surface area (TPSA) is 79.9 Å². The van der Waals surface area contributed by atoms with E-state index in [4.69, 9.17) is 9.15 Å². The number of carbonyl (C=O) groups is 1. The SMILES string of the molecule is Cc1cc(SC2=C(O)CC(CCc3occc3C)(C(C)C)OC2=O)c(C(C)(C)C)cc1CO. The number of thioether (sulfide) groups is 1. The van der Waals surface area contributed by atoms with E-state index in [-0.39, 0.29) is 35.0 Å². The Labute approximate surface area is 201 Å². The summed E-state index contributed by atoms with van der Waals surface area (Å²) in [6.45, 7) is 14.2. The highest BCUT2D eigenvalue weighted by atomic mass is 32.2. The molecule has 0 saturated carbocycles. The van der Waals surface area contributed by atoms with Crippen LogP contribution in [0.1, 0.15) is 75.5 Å². The summed E-state index contributed by atoms with van der Waals surface area (Å²) in [5.41, 5.74) is 2.92. The minimum Gasteiger partial charge on any atom is -0.511 e. The Morgan fingerprint density at radius 2 is 1.88 bits per heavy atom. The first-order valence-corrected chi connectivity index (χ1v) is 12.3. The molecule has 0 fully saturated rings. The van der Waals surface area contributed by atoms with Gasteiger partial charge in [0.15, 0.2) is 0 Å². The molecular formula is C27H36O5S. The van der Waals surface area contributed by atoms with Gasteiger partial charge in [-0.2, -0.15) is 0 Å². The summed E-state index contributed by atoms with van der Waals surface area (Å²) in [6.07, 6.45) is 3.15. The average molecular weight is 473 g/mol. The molecule has 1 unspecified atom stereocenters. The number of hydrogen-bond donors (Lipinski definition) is 2. The second kappa shape index (κ2) is 9.59. The lowest BCUT2D eigenvalue weighted by molar-refractivity contribution is -0.164. The molecule has 180 valence electrons. The van der Waals surface area contributed by atoms with Gasteiger partial charge >= 0.3 is 5.97 Å². The first kappa shape index (κ1) is 25.4. The molecule has 1 aliphatic heterocycles. The maximum atomic E-state index is 13.2. The molecule has 0 aliphatic carbocycles. The van der Waals surface area contributed by atoms with Crippen LogP contribution in [0.5, 0.6) is 0 Å². The largest absolute Gasteiger partial charge is 0.511 e. The van der Waals surface area contributed by atoms with Gasteiger partial charge in [-0.05, 0) is 66.0 Å². The molecule has 5 nitrogen and oxygen atoms in total. The maximum absolute atomic E-state index is 13.2. The van der Waals surface area contributed by atoms with E-state index in [1.54, 1.807) is 6.26 Å². The van der Waals surface area contributed by atoms with Crippen molar-refractivity contribution in [1.29, 1.82) is 0 Å². The lowest BCUT2D eigenvalue weighted by Crippen LogP contribution is -2.44. The first-order valence-electron chi connectivity index (χ1n) is 11.5. The fourth-order valence-corrected chi connectivity index (χ4v) is 5.51. The molecule has 6 heteroatoms. The Morgan fingerprint density at radius 3 is 2.39 bits per heavy atom. The second-order valence-corrected chi connectivity index (χ2v) is 11.4. The van der Waals surface area contributed by atoms with Gasteiger partial charge in [0.2, 0.25) is 0 Å². The minimum atomic E-state index is -0.784. The maximum Gasteiger partial charge on any atom is 0.349 e. The minimum absolute atomic E-state index is 0.0293. The zero-order chi connectivity index (χ0) is 24.6. The molecule has 33 heavy (non-hydrogen) atoms. The molecule has 1 aliphatic rings.